The van der Waals surface area contributed by atoms with E-state index in [2.05, 4.69) is 0 Å². The number of carbonyl (C=O) groups is 2. The summed E-state index contributed by atoms with van der Waals surface area (Å²) in [5.41, 5.74) is 2.23. The van der Waals surface area contributed by atoms with Crippen LogP contribution in [0.1, 0.15) is 26.3 Å². The molecule has 0 saturated carbocycles. The molecule has 0 aliphatic carbocycles. The van der Waals surface area contributed by atoms with Gasteiger partial charge in [-0.25, -0.2) is 0 Å². The summed E-state index contributed by atoms with van der Waals surface area (Å²) in [7, 11) is 3.10. The van der Waals surface area contributed by atoms with Gasteiger partial charge in [0.15, 0.2) is 11.5 Å². The van der Waals surface area contributed by atoms with Crippen LogP contribution in [0.4, 0.5) is 5.69 Å². The number of carbonyl (C=O) groups excluding carboxylic acids is 2. The van der Waals surface area contributed by atoms with Gasteiger partial charge in [-0.15, -0.1) is 0 Å². The predicted molar refractivity (Wildman–Crippen MR) is 113 cm³/mol. The van der Waals surface area contributed by atoms with Crippen molar-refractivity contribution in [1.29, 1.82) is 0 Å². The van der Waals surface area contributed by atoms with Crippen LogP contribution >= 0.6 is 0 Å². The van der Waals surface area contributed by atoms with Gasteiger partial charge >= 0.3 is 0 Å². The number of methoxy groups -OCH3 is 2. The van der Waals surface area contributed by atoms with E-state index < -0.39 is 0 Å². The Balaban J connectivity index is 2.24. The molecule has 0 spiro atoms. The standard InChI is InChI=1S/C23H26N2O4/c1-6-24(17-10-8-7-9-11-17)21-20(22(26)25(15(2)3)23(21)27)16-12-13-18(28-4)19(14-16)29-5/h7-15H,6H2,1-5H3. The van der Waals surface area contributed by atoms with Crippen LogP contribution in [-0.4, -0.2) is 43.5 Å². The Hall–Kier alpha value is -3.28. The molecule has 0 aromatic heterocycles. The van der Waals surface area contributed by atoms with Crippen LogP contribution < -0.4 is 14.4 Å². The Morgan fingerprint density at radius 2 is 1.59 bits per heavy atom. The zero-order valence-corrected chi connectivity index (χ0v) is 17.4. The number of benzene rings is 2. The minimum Gasteiger partial charge on any atom is -0.493 e. The highest BCUT2D eigenvalue weighted by atomic mass is 16.5. The average Bonchev–Trinajstić information content (AvgIpc) is 2.99. The number of hydrogen-bond acceptors (Lipinski definition) is 5. The fraction of sp³-hybridized carbons (Fsp3) is 0.304. The molecule has 0 unspecified atom stereocenters. The van der Waals surface area contributed by atoms with Crippen molar-refractivity contribution in [3.8, 4) is 11.5 Å². The van der Waals surface area contributed by atoms with Crippen LogP contribution in [0.3, 0.4) is 0 Å². The molecule has 2 amide bonds. The lowest BCUT2D eigenvalue weighted by Gasteiger charge is -2.25. The number of anilines is 1. The second-order valence-electron chi connectivity index (χ2n) is 6.95. The molecule has 0 N–H and O–H groups in total. The predicted octanol–water partition coefficient (Wildman–Crippen LogP) is 3.72. The Labute approximate surface area is 171 Å². The van der Waals surface area contributed by atoms with E-state index in [1.54, 1.807) is 32.4 Å². The summed E-state index contributed by atoms with van der Waals surface area (Å²) < 4.78 is 10.7. The second-order valence-corrected chi connectivity index (χ2v) is 6.95. The fourth-order valence-electron chi connectivity index (χ4n) is 3.58. The first-order chi connectivity index (χ1) is 13.9. The van der Waals surface area contributed by atoms with Gasteiger partial charge in [0.25, 0.3) is 11.8 Å². The first-order valence-electron chi connectivity index (χ1n) is 9.61. The molecule has 152 valence electrons. The van der Waals surface area contributed by atoms with Gasteiger partial charge < -0.3 is 14.4 Å². The maximum atomic E-state index is 13.3. The van der Waals surface area contributed by atoms with Crippen molar-refractivity contribution in [2.45, 2.75) is 26.8 Å². The minimum absolute atomic E-state index is 0.253. The van der Waals surface area contributed by atoms with Crippen LogP contribution in [0.15, 0.2) is 54.2 Å². The number of para-hydroxylation sites is 1. The molecule has 1 aliphatic rings. The zero-order chi connectivity index (χ0) is 21.1. The van der Waals surface area contributed by atoms with Gasteiger partial charge in [0.2, 0.25) is 0 Å². The molecule has 0 saturated heterocycles. The molecule has 1 heterocycles. The quantitative estimate of drug-likeness (QED) is 0.670. The molecule has 0 atom stereocenters. The maximum absolute atomic E-state index is 13.3. The van der Waals surface area contributed by atoms with Gasteiger partial charge in [-0.1, -0.05) is 24.3 Å². The molecule has 2 aromatic carbocycles. The number of imide groups is 1. The topological polar surface area (TPSA) is 59.1 Å². The summed E-state index contributed by atoms with van der Waals surface area (Å²) in [5.74, 6) is 0.469. The van der Waals surface area contributed by atoms with Crippen LogP contribution in [0.2, 0.25) is 0 Å². The third-order valence-corrected chi connectivity index (χ3v) is 4.93. The molecule has 3 rings (SSSR count). The van der Waals surface area contributed by atoms with Crippen molar-refractivity contribution in [1.82, 2.24) is 4.90 Å². The van der Waals surface area contributed by atoms with Gasteiger partial charge in [-0.3, -0.25) is 14.5 Å². The van der Waals surface area contributed by atoms with E-state index in [1.165, 1.54) is 4.90 Å². The Kier molecular flexibility index (Phi) is 5.92. The highest BCUT2D eigenvalue weighted by Crippen LogP contribution is 2.38. The number of likely N-dealkylation sites (N-methyl/N-ethyl adjacent to an activating group) is 1. The number of nitrogens with zero attached hydrogens (tertiary/aromatic N) is 2. The zero-order valence-electron chi connectivity index (χ0n) is 17.4. The van der Waals surface area contributed by atoms with Crippen molar-refractivity contribution in [2.75, 3.05) is 25.7 Å². The first-order valence-corrected chi connectivity index (χ1v) is 9.61. The van der Waals surface area contributed by atoms with Crippen molar-refractivity contribution in [3.05, 3.63) is 59.8 Å². The third kappa shape index (κ3) is 3.58. The number of hydrogen-bond donors (Lipinski definition) is 0. The maximum Gasteiger partial charge on any atom is 0.278 e. The second kappa shape index (κ2) is 8.39. The average molecular weight is 394 g/mol. The van der Waals surface area contributed by atoms with Crippen molar-refractivity contribution in [2.24, 2.45) is 0 Å². The van der Waals surface area contributed by atoms with E-state index in [4.69, 9.17) is 9.47 Å². The van der Waals surface area contributed by atoms with Gasteiger partial charge in [-0.05, 0) is 50.6 Å². The number of ether oxygens (including phenoxy) is 2. The highest BCUT2D eigenvalue weighted by Gasteiger charge is 2.43. The summed E-state index contributed by atoms with van der Waals surface area (Å²) in [6.45, 7) is 6.18. The molecule has 29 heavy (non-hydrogen) atoms. The first kappa shape index (κ1) is 20.5. The molecule has 6 heteroatoms. The van der Waals surface area contributed by atoms with Crippen molar-refractivity contribution < 1.29 is 19.1 Å². The van der Waals surface area contributed by atoms with E-state index in [-0.39, 0.29) is 17.9 Å². The Bertz CT molecular complexity index is 951. The molecule has 2 aromatic rings. The molecule has 1 aliphatic heterocycles. The third-order valence-electron chi connectivity index (χ3n) is 4.93. The summed E-state index contributed by atoms with van der Waals surface area (Å²) in [6.07, 6.45) is 0. The van der Waals surface area contributed by atoms with Gasteiger partial charge in [0, 0.05) is 18.3 Å². The summed E-state index contributed by atoms with van der Waals surface area (Å²) >= 11 is 0. The molecule has 0 radical (unpaired) electrons. The fourth-order valence-corrected chi connectivity index (χ4v) is 3.58. The van der Waals surface area contributed by atoms with E-state index >= 15 is 0 Å². The Morgan fingerprint density at radius 3 is 2.14 bits per heavy atom. The van der Waals surface area contributed by atoms with E-state index in [0.29, 0.717) is 34.9 Å². The van der Waals surface area contributed by atoms with Crippen molar-refractivity contribution in [3.63, 3.8) is 0 Å². The molecule has 0 bridgehead atoms. The van der Waals surface area contributed by atoms with Gasteiger partial charge in [-0.2, -0.15) is 0 Å². The van der Waals surface area contributed by atoms with E-state index in [9.17, 15) is 9.59 Å². The molecule has 0 fully saturated rings. The summed E-state index contributed by atoms with van der Waals surface area (Å²) in [5, 5.41) is 0. The lowest BCUT2D eigenvalue weighted by atomic mass is 10.0. The van der Waals surface area contributed by atoms with E-state index in [1.807, 2.05) is 56.0 Å². The normalized spacial score (nSPS) is 14.1. The summed E-state index contributed by atoms with van der Waals surface area (Å²) in [4.78, 5) is 29.9. The summed E-state index contributed by atoms with van der Waals surface area (Å²) in [6, 6.07) is 14.6. The van der Waals surface area contributed by atoms with Crippen molar-refractivity contribution >= 4 is 23.1 Å². The lowest BCUT2D eigenvalue weighted by molar-refractivity contribution is -0.138. The number of rotatable bonds is 7. The highest BCUT2D eigenvalue weighted by molar-refractivity contribution is 6.37. The molecule has 6 nitrogen and oxygen atoms in total. The van der Waals surface area contributed by atoms with Gasteiger partial charge in [0.1, 0.15) is 5.70 Å². The molecular formula is C23H26N2O4. The van der Waals surface area contributed by atoms with Gasteiger partial charge in [0.05, 0.1) is 19.8 Å². The molecular weight excluding hydrogens is 368 g/mol. The largest absolute Gasteiger partial charge is 0.493 e. The lowest BCUT2D eigenvalue weighted by Crippen LogP contribution is -2.39. The van der Waals surface area contributed by atoms with Crippen LogP contribution in [-0.2, 0) is 9.59 Å². The Morgan fingerprint density at radius 1 is 0.931 bits per heavy atom. The van der Waals surface area contributed by atoms with Crippen LogP contribution in [0, 0.1) is 0 Å². The minimum atomic E-state index is -0.304. The smallest absolute Gasteiger partial charge is 0.278 e. The van der Waals surface area contributed by atoms with E-state index in [0.717, 1.165) is 5.69 Å². The monoisotopic (exact) mass is 394 g/mol. The SMILES string of the molecule is CCN(C1=C(c2ccc(OC)c(OC)c2)C(=O)N(C(C)C)C1=O)c1ccccc1. The van der Waals surface area contributed by atoms with Crippen LogP contribution in [0.25, 0.3) is 5.57 Å². The number of amides is 2. The van der Waals surface area contributed by atoms with Crippen LogP contribution in [0.5, 0.6) is 11.5 Å².